The summed E-state index contributed by atoms with van der Waals surface area (Å²) in [4.78, 5) is 0. The highest BCUT2D eigenvalue weighted by Crippen LogP contribution is 2.15. The van der Waals surface area contributed by atoms with Gasteiger partial charge in [-0.15, -0.1) is 0 Å². The van der Waals surface area contributed by atoms with Crippen LogP contribution in [-0.4, -0.2) is 31.7 Å². The van der Waals surface area contributed by atoms with Crippen LogP contribution in [0.3, 0.4) is 0 Å². The molecule has 1 unspecified atom stereocenters. The van der Waals surface area contributed by atoms with Crippen LogP contribution in [0.2, 0.25) is 0 Å². The Hall–Kier alpha value is 0.270. The summed E-state index contributed by atoms with van der Waals surface area (Å²) in [6.45, 7) is 4.82. The Morgan fingerprint density at radius 1 is 1.43 bits per heavy atom. The molecule has 84 valence electrons. The lowest BCUT2D eigenvalue weighted by molar-refractivity contribution is -0.0413. The summed E-state index contributed by atoms with van der Waals surface area (Å²) in [6, 6.07) is 0. The molecule has 0 aliphatic carbocycles. The standard InChI is InChI=1S/C11H22O2S/c1-2-3-10(9-14)8-13-11-4-6-12-7-5-11/h10-11,14H,2-9H2,1H3. The van der Waals surface area contributed by atoms with Crippen LogP contribution in [-0.2, 0) is 9.47 Å². The van der Waals surface area contributed by atoms with Crippen LogP contribution in [0.5, 0.6) is 0 Å². The summed E-state index contributed by atoms with van der Waals surface area (Å²) in [7, 11) is 0. The zero-order chi connectivity index (χ0) is 10.2. The Morgan fingerprint density at radius 2 is 2.14 bits per heavy atom. The molecule has 0 N–H and O–H groups in total. The van der Waals surface area contributed by atoms with Crippen molar-refractivity contribution in [1.82, 2.24) is 0 Å². The van der Waals surface area contributed by atoms with Crippen molar-refractivity contribution >= 4 is 12.6 Å². The van der Waals surface area contributed by atoms with Crippen LogP contribution in [0.15, 0.2) is 0 Å². The van der Waals surface area contributed by atoms with Gasteiger partial charge in [0.05, 0.1) is 12.7 Å². The van der Waals surface area contributed by atoms with E-state index in [1.54, 1.807) is 0 Å². The third-order valence-electron chi connectivity index (χ3n) is 2.69. The molecule has 0 saturated carbocycles. The number of ether oxygens (including phenoxy) is 2. The van der Waals surface area contributed by atoms with Crippen LogP contribution in [0.1, 0.15) is 32.6 Å². The van der Waals surface area contributed by atoms with Gasteiger partial charge in [0.15, 0.2) is 0 Å². The van der Waals surface area contributed by atoms with Gasteiger partial charge in [0, 0.05) is 13.2 Å². The molecule has 0 spiro atoms. The minimum Gasteiger partial charge on any atom is -0.381 e. The Labute approximate surface area is 92.8 Å². The molecular weight excluding hydrogens is 196 g/mol. The second-order valence-corrected chi connectivity index (χ2v) is 4.35. The van der Waals surface area contributed by atoms with E-state index in [2.05, 4.69) is 19.6 Å². The van der Waals surface area contributed by atoms with Crippen molar-refractivity contribution < 1.29 is 9.47 Å². The van der Waals surface area contributed by atoms with Crippen molar-refractivity contribution in [3.8, 4) is 0 Å². The molecule has 0 aromatic carbocycles. The van der Waals surface area contributed by atoms with Crippen LogP contribution in [0.4, 0.5) is 0 Å². The van der Waals surface area contributed by atoms with Gasteiger partial charge < -0.3 is 9.47 Å². The Balaban J connectivity index is 2.10. The van der Waals surface area contributed by atoms with E-state index in [9.17, 15) is 0 Å². The average molecular weight is 218 g/mol. The molecule has 1 rings (SSSR count). The fourth-order valence-corrected chi connectivity index (χ4v) is 2.04. The normalized spacial score (nSPS) is 21.0. The maximum absolute atomic E-state index is 5.86. The molecule has 14 heavy (non-hydrogen) atoms. The lowest BCUT2D eigenvalue weighted by Gasteiger charge is -2.24. The molecule has 1 aliphatic heterocycles. The summed E-state index contributed by atoms with van der Waals surface area (Å²) in [5.74, 6) is 1.57. The van der Waals surface area contributed by atoms with E-state index in [1.807, 2.05) is 0 Å². The van der Waals surface area contributed by atoms with Gasteiger partial charge in [-0.2, -0.15) is 12.6 Å². The monoisotopic (exact) mass is 218 g/mol. The maximum Gasteiger partial charge on any atom is 0.0619 e. The summed E-state index contributed by atoms with van der Waals surface area (Å²) in [5, 5.41) is 0. The van der Waals surface area contributed by atoms with Crippen molar-refractivity contribution in [2.75, 3.05) is 25.6 Å². The number of thiol groups is 1. The molecule has 1 fully saturated rings. The van der Waals surface area contributed by atoms with Crippen molar-refractivity contribution in [3.05, 3.63) is 0 Å². The molecule has 1 atom stereocenters. The first-order valence-electron chi connectivity index (χ1n) is 5.67. The minimum absolute atomic E-state index is 0.433. The molecular formula is C11H22O2S. The third kappa shape index (κ3) is 4.67. The largest absolute Gasteiger partial charge is 0.381 e. The van der Waals surface area contributed by atoms with Crippen molar-refractivity contribution in [1.29, 1.82) is 0 Å². The quantitative estimate of drug-likeness (QED) is 0.691. The lowest BCUT2D eigenvalue weighted by Crippen LogP contribution is -2.26. The van der Waals surface area contributed by atoms with E-state index in [1.165, 1.54) is 12.8 Å². The molecule has 1 saturated heterocycles. The van der Waals surface area contributed by atoms with Gasteiger partial charge in [-0.05, 0) is 30.9 Å². The van der Waals surface area contributed by atoms with Crippen molar-refractivity contribution in [2.45, 2.75) is 38.7 Å². The molecule has 1 aliphatic rings. The molecule has 0 aromatic rings. The smallest absolute Gasteiger partial charge is 0.0619 e. The molecule has 2 nitrogen and oxygen atoms in total. The predicted octanol–water partition coefficient (Wildman–Crippen LogP) is 2.53. The van der Waals surface area contributed by atoms with Gasteiger partial charge in [0.1, 0.15) is 0 Å². The highest BCUT2D eigenvalue weighted by Gasteiger charge is 2.15. The predicted molar refractivity (Wildman–Crippen MR) is 62.0 cm³/mol. The number of rotatable bonds is 6. The second kappa shape index (κ2) is 7.55. The van der Waals surface area contributed by atoms with Crippen LogP contribution < -0.4 is 0 Å². The lowest BCUT2D eigenvalue weighted by atomic mass is 10.1. The number of hydrogen-bond donors (Lipinski definition) is 1. The van der Waals surface area contributed by atoms with Gasteiger partial charge in [-0.25, -0.2) is 0 Å². The van der Waals surface area contributed by atoms with Gasteiger partial charge in [0.2, 0.25) is 0 Å². The van der Waals surface area contributed by atoms with Gasteiger partial charge in [-0.3, -0.25) is 0 Å². The summed E-state index contributed by atoms with van der Waals surface area (Å²) in [5.41, 5.74) is 0. The van der Waals surface area contributed by atoms with E-state index in [0.29, 0.717) is 12.0 Å². The van der Waals surface area contributed by atoms with E-state index in [4.69, 9.17) is 9.47 Å². The van der Waals surface area contributed by atoms with Gasteiger partial charge in [0.25, 0.3) is 0 Å². The fraction of sp³-hybridized carbons (Fsp3) is 1.00. The molecule has 0 aromatic heterocycles. The summed E-state index contributed by atoms with van der Waals surface area (Å²) in [6.07, 6.45) is 5.01. The summed E-state index contributed by atoms with van der Waals surface area (Å²) < 4.78 is 11.1. The van der Waals surface area contributed by atoms with Crippen LogP contribution >= 0.6 is 12.6 Å². The molecule has 1 heterocycles. The first kappa shape index (κ1) is 12.3. The zero-order valence-electron chi connectivity index (χ0n) is 9.08. The Kier molecular flexibility index (Phi) is 6.65. The fourth-order valence-electron chi connectivity index (χ4n) is 1.75. The van der Waals surface area contributed by atoms with Crippen molar-refractivity contribution in [3.63, 3.8) is 0 Å². The second-order valence-electron chi connectivity index (χ2n) is 3.98. The van der Waals surface area contributed by atoms with Gasteiger partial charge in [-0.1, -0.05) is 13.3 Å². The van der Waals surface area contributed by atoms with E-state index in [-0.39, 0.29) is 0 Å². The SMILES string of the molecule is CCCC(CS)COC1CCOCC1. The van der Waals surface area contributed by atoms with Gasteiger partial charge >= 0.3 is 0 Å². The highest BCUT2D eigenvalue weighted by atomic mass is 32.1. The summed E-state index contributed by atoms with van der Waals surface area (Å²) >= 11 is 4.34. The molecule has 0 amide bonds. The third-order valence-corrected chi connectivity index (χ3v) is 3.21. The van der Waals surface area contributed by atoms with E-state index >= 15 is 0 Å². The topological polar surface area (TPSA) is 18.5 Å². The Morgan fingerprint density at radius 3 is 2.71 bits per heavy atom. The van der Waals surface area contributed by atoms with E-state index < -0.39 is 0 Å². The molecule has 0 bridgehead atoms. The molecule has 0 radical (unpaired) electrons. The first-order valence-corrected chi connectivity index (χ1v) is 6.30. The highest BCUT2D eigenvalue weighted by molar-refractivity contribution is 7.80. The van der Waals surface area contributed by atoms with E-state index in [0.717, 1.165) is 38.4 Å². The van der Waals surface area contributed by atoms with Crippen molar-refractivity contribution in [2.24, 2.45) is 5.92 Å². The zero-order valence-corrected chi connectivity index (χ0v) is 9.97. The first-order chi connectivity index (χ1) is 6.86. The van der Waals surface area contributed by atoms with Crippen LogP contribution in [0.25, 0.3) is 0 Å². The maximum atomic E-state index is 5.86. The number of hydrogen-bond acceptors (Lipinski definition) is 3. The molecule has 3 heteroatoms. The van der Waals surface area contributed by atoms with Crippen LogP contribution in [0, 0.1) is 5.92 Å². The Bertz CT molecular complexity index is 130. The average Bonchev–Trinajstić information content (AvgIpc) is 2.25. The minimum atomic E-state index is 0.433.